The van der Waals surface area contributed by atoms with Gasteiger partial charge in [0, 0.05) is 11.7 Å². The highest BCUT2D eigenvalue weighted by Crippen LogP contribution is 2.32. The van der Waals surface area contributed by atoms with E-state index in [1.54, 1.807) is 66.7 Å². The van der Waals surface area contributed by atoms with Crippen LogP contribution in [0.1, 0.15) is 31.9 Å². The van der Waals surface area contributed by atoms with E-state index in [0.29, 0.717) is 22.4 Å². The van der Waals surface area contributed by atoms with E-state index in [-0.39, 0.29) is 22.7 Å². The maximum Gasteiger partial charge on any atom is 0.319 e. The Hall–Kier alpha value is -3.89. The van der Waals surface area contributed by atoms with Crippen LogP contribution in [0.3, 0.4) is 0 Å². The molecule has 3 aromatic rings. The second-order valence-corrected chi connectivity index (χ2v) is 10.1. The van der Waals surface area contributed by atoms with E-state index in [1.807, 2.05) is 13.8 Å². The number of carbonyl (C=O) groups is 2. The number of carboxylic acid groups (broad SMARTS) is 1. The quantitative estimate of drug-likeness (QED) is 0.319. The maximum absolute atomic E-state index is 13.4. The minimum Gasteiger partial charge on any atom is -0.495 e. The molecule has 3 rings (SSSR count). The molecule has 4 N–H and O–H groups in total. The minimum absolute atomic E-state index is 0.00506. The van der Waals surface area contributed by atoms with Gasteiger partial charge in [0.15, 0.2) is 0 Å². The van der Waals surface area contributed by atoms with Crippen LogP contribution in [0.15, 0.2) is 77.7 Å². The van der Waals surface area contributed by atoms with Gasteiger partial charge in [0.25, 0.3) is 0 Å². The first-order valence-electron chi connectivity index (χ1n) is 11.2. The number of methoxy groups -OCH3 is 1. The van der Waals surface area contributed by atoms with E-state index in [1.165, 1.54) is 13.2 Å². The molecule has 2 amide bonds. The van der Waals surface area contributed by atoms with Crippen LogP contribution in [0.25, 0.3) is 11.1 Å². The van der Waals surface area contributed by atoms with Crippen LogP contribution in [-0.4, -0.2) is 38.7 Å². The fraction of sp³-hybridized carbons (Fsp3) is 0.231. The summed E-state index contributed by atoms with van der Waals surface area (Å²) in [7, 11) is -2.80. The molecule has 0 heterocycles. The number of anilines is 1. The van der Waals surface area contributed by atoms with Gasteiger partial charge in [-0.25, -0.2) is 17.9 Å². The predicted molar refractivity (Wildman–Crippen MR) is 137 cm³/mol. The number of amides is 2. The molecule has 0 fully saturated rings. The SMILES string of the molecule is COc1ccc(-c2ccc(NC(=O)NC(C)C)cc2)cc1S(=O)(=O)NC(CC(=O)O)c1ccccc1. The summed E-state index contributed by atoms with van der Waals surface area (Å²) >= 11 is 0. The van der Waals surface area contributed by atoms with Crippen molar-refractivity contribution in [3.63, 3.8) is 0 Å². The molecule has 0 aliphatic carbocycles. The third-order valence-corrected chi connectivity index (χ3v) is 6.72. The molecule has 3 aromatic carbocycles. The highest BCUT2D eigenvalue weighted by molar-refractivity contribution is 7.89. The number of carboxylic acids is 1. The zero-order chi connectivity index (χ0) is 26.3. The lowest BCUT2D eigenvalue weighted by Crippen LogP contribution is -2.34. The normalized spacial score (nSPS) is 12.1. The zero-order valence-corrected chi connectivity index (χ0v) is 21.0. The van der Waals surface area contributed by atoms with E-state index in [4.69, 9.17) is 4.74 Å². The summed E-state index contributed by atoms with van der Waals surface area (Å²) in [5.74, 6) is -1.01. The lowest BCUT2D eigenvalue weighted by atomic mass is 10.1. The molecule has 190 valence electrons. The Morgan fingerprint density at radius 2 is 1.58 bits per heavy atom. The van der Waals surface area contributed by atoms with Crippen LogP contribution in [-0.2, 0) is 14.8 Å². The summed E-state index contributed by atoms with van der Waals surface area (Å²) < 4.78 is 34.6. The average Bonchev–Trinajstić information content (AvgIpc) is 2.83. The van der Waals surface area contributed by atoms with Crippen LogP contribution < -0.4 is 20.1 Å². The number of aliphatic carboxylic acids is 1. The fourth-order valence-electron chi connectivity index (χ4n) is 3.58. The van der Waals surface area contributed by atoms with Crippen molar-refractivity contribution in [1.82, 2.24) is 10.0 Å². The number of urea groups is 1. The lowest BCUT2D eigenvalue weighted by molar-refractivity contribution is -0.137. The third-order valence-electron chi connectivity index (χ3n) is 5.23. The summed E-state index contributed by atoms with van der Waals surface area (Å²) in [5.41, 5.74) is 2.43. The first-order valence-corrected chi connectivity index (χ1v) is 12.7. The first kappa shape index (κ1) is 26.7. The van der Waals surface area contributed by atoms with Crippen molar-refractivity contribution in [2.45, 2.75) is 37.2 Å². The van der Waals surface area contributed by atoms with Gasteiger partial charge in [-0.15, -0.1) is 0 Å². The van der Waals surface area contributed by atoms with Gasteiger partial charge in [0.05, 0.1) is 19.6 Å². The van der Waals surface area contributed by atoms with Gasteiger partial charge in [-0.1, -0.05) is 48.5 Å². The van der Waals surface area contributed by atoms with Crippen molar-refractivity contribution in [2.24, 2.45) is 0 Å². The molecule has 0 bridgehead atoms. The Kier molecular flexibility index (Phi) is 8.68. The van der Waals surface area contributed by atoms with Crippen molar-refractivity contribution in [1.29, 1.82) is 0 Å². The van der Waals surface area contributed by atoms with Crippen LogP contribution >= 0.6 is 0 Å². The molecular formula is C26H29N3O6S. The average molecular weight is 512 g/mol. The summed E-state index contributed by atoms with van der Waals surface area (Å²) in [6.45, 7) is 3.72. The van der Waals surface area contributed by atoms with Gasteiger partial charge in [0.1, 0.15) is 10.6 Å². The molecule has 1 unspecified atom stereocenters. The fourth-order valence-corrected chi connectivity index (χ4v) is 5.00. The Labute approximate surface area is 210 Å². The number of rotatable bonds is 10. The standard InChI is InChI=1S/C26H29N3O6S/c1-17(2)27-26(32)28-21-12-9-18(10-13-21)20-11-14-23(35-3)24(15-20)36(33,34)29-22(16-25(30)31)19-7-5-4-6-8-19/h4-15,17,22,29H,16H2,1-3H3,(H,30,31)(H2,27,28,32). The van der Waals surface area contributed by atoms with Crippen molar-refractivity contribution in [2.75, 3.05) is 12.4 Å². The minimum atomic E-state index is -4.17. The van der Waals surface area contributed by atoms with Gasteiger partial charge >= 0.3 is 12.0 Å². The summed E-state index contributed by atoms with van der Waals surface area (Å²) in [6, 6.07) is 18.9. The molecule has 0 saturated carbocycles. The van der Waals surface area contributed by atoms with Gasteiger partial charge < -0.3 is 20.5 Å². The lowest BCUT2D eigenvalue weighted by Gasteiger charge is -2.19. The maximum atomic E-state index is 13.4. The second kappa shape index (κ2) is 11.7. The molecule has 9 nitrogen and oxygen atoms in total. The monoisotopic (exact) mass is 511 g/mol. The Morgan fingerprint density at radius 3 is 2.17 bits per heavy atom. The largest absolute Gasteiger partial charge is 0.495 e. The molecule has 36 heavy (non-hydrogen) atoms. The van der Waals surface area contributed by atoms with Crippen molar-refractivity contribution in [3.8, 4) is 16.9 Å². The second-order valence-electron chi connectivity index (χ2n) is 8.38. The Balaban J connectivity index is 1.90. The van der Waals surface area contributed by atoms with Crippen molar-refractivity contribution in [3.05, 3.63) is 78.4 Å². The molecule has 0 spiro atoms. The van der Waals surface area contributed by atoms with E-state index in [0.717, 1.165) is 0 Å². The molecule has 0 saturated heterocycles. The van der Waals surface area contributed by atoms with Crippen LogP contribution in [0.5, 0.6) is 5.75 Å². The third kappa shape index (κ3) is 7.06. The van der Waals surface area contributed by atoms with Gasteiger partial charge in [-0.3, -0.25) is 4.79 Å². The molecule has 0 aromatic heterocycles. The molecule has 0 aliphatic heterocycles. The number of nitrogens with one attached hydrogen (secondary N) is 3. The first-order chi connectivity index (χ1) is 17.1. The summed E-state index contributed by atoms with van der Waals surface area (Å²) in [5, 5.41) is 14.8. The number of ether oxygens (including phenoxy) is 1. The molecule has 1 atom stereocenters. The Morgan fingerprint density at radius 1 is 0.944 bits per heavy atom. The topological polar surface area (TPSA) is 134 Å². The number of hydrogen-bond donors (Lipinski definition) is 4. The van der Waals surface area contributed by atoms with E-state index < -0.39 is 28.5 Å². The van der Waals surface area contributed by atoms with E-state index in [2.05, 4.69) is 15.4 Å². The van der Waals surface area contributed by atoms with Gasteiger partial charge in [-0.05, 0) is 54.8 Å². The molecule has 0 aliphatic rings. The van der Waals surface area contributed by atoms with Crippen LogP contribution in [0.4, 0.5) is 10.5 Å². The zero-order valence-electron chi connectivity index (χ0n) is 20.2. The van der Waals surface area contributed by atoms with Crippen LogP contribution in [0, 0.1) is 0 Å². The summed E-state index contributed by atoms with van der Waals surface area (Å²) in [6.07, 6.45) is -0.426. The molecule has 10 heteroatoms. The number of sulfonamides is 1. The van der Waals surface area contributed by atoms with E-state index in [9.17, 15) is 23.1 Å². The molecule has 0 radical (unpaired) electrons. The number of benzene rings is 3. The number of hydrogen-bond acceptors (Lipinski definition) is 5. The van der Waals surface area contributed by atoms with Gasteiger partial charge in [0.2, 0.25) is 10.0 Å². The van der Waals surface area contributed by atoms with E-state index >= 15 is 0 Å². The van der Waals surface area contributed by atoms with Crippen LogP contribution in [0.2, 0.25) is 0 Å². The highest BCUT2D eigenvalue weighted by Gasteiger charge is 2.26. The predicted octanol–water partition coefficient (Wildman–Crippen LogP) is 4.39. The van der Waals surface area contributed by atoms with Crippen molar-refractivity contribution < 1.29 is 27.9 Å². The summed E-state index contributed by atoms with van der Waals surface area (Å²) in [4.78, 5) is 23.2. The molecular weight excluding hydrogens is 482 g/mol. The Bertz CT molecular complexity index is 1310. The smallest absolute Gasteiger partial charge is 0.319 e. The van der Waals surface area contributed by atoms with Crippen molar-refractivity contribution >= 4 is 27.7 Å². The number of carbonyl (C=O) groups excluding carboxylic acids is 1. The highest BCUT2D eigenvalue weighted by atomic mass is 32.2. The van der Waals surface area contributed by atoms with Gasteiger partial charge in [-0.2, -0.15) is 0 Å².